The van der Waals surface area contributed by atoms with Crippen molar-refractivity contribution in [3.8, 4) is 0 Å². The topological polar surface area (TPSA) is 54.0 Å². The first-order valence-corrected chi connectivity index (χ1v) is 10.5. The Hall–Kier alpha value is -3.26. The molecule has 4 nitrogen and oxygen atoms in total. The van der Waals surface area contributed by atoms with Crippen LogP contribution in [0.1, 0.15) is 46.5 Å². The number of pyridine rings is 1. The minimum atomic E-state index is -4.50. The van der Waals surface area contributed by atoms with Gasteiger partial charge in [-0.2, -0.15) is 13.2 Å². The number of benzene rings is 2. The van der Waals surface area contributed by atoms with Gasteiger partial charge in [0.15, 0.2) is 0 Å². The van der Waals surface area contributed by atoms with Gasteiger partial charge in [0, 0.05) is 19.3 Å². The van der Waals surface area contributed by atoms with Crippen molar-refractivity contribution in [2.24, 2.45) is 0 Å². The second-order valence-electron chi connectivity index (χ2n) is 7.77. The summed E-state index contributed by atoms with van der Waals surface area (Å²) in [5.74, 6) is -0.573. The van der Waals surface area contributed by atoms with Gasteiger partial charge in [0.05, 0.1) is 0 Å². The van der Waals surface area contributed by atoms with Crippen LogP contribution in [0.3, 0.4) is 0 Å². The number of aromatic nitrogens is 1. The van der Waals surface area contributed by atoms with Gasteiger partial charge in [0.25, 0.3) is 0 Å². The first kappa shape index (κ1) is 24.4. The SMILES string of the molecule is CNC(=O)C(N[C@@H](CCc1ccc(C(F)(F)F)nc1)c1ccc(F)c(C)c1)c1ccccc1. The van der Waals surface area contributed by atoms with E-state index in [1.807, 2.05) is 30.3 Å². The van der Waals surface area contributed by atoms with Crippen LogP contribution in [0.5, 0.6) is 0 Å². The molecule has 3 aromatic rings. The van der Waals surface area contributed by atoms with Gasteiger partial charge in [-0.3, -0.25) is 15.1 Å². The van der Waals surface area contributed by atoms with Crippen LogP contribution < -0.4 is 10.6 Å². The van der Waals surface area contributed by atoms with Gasteiger partial charge < -0.3 is 5.32 Å². The Morgan fingerprint density at radius 1 is 1.03 bits per heavy atom. The number of aryl methyl sites for hydroxylation is 2. The molecule has 33 heavy (non-hydrogen) atoms. The Morgan fingerprint density at radius 2 is 1.76 bits per heavy atom. The van der Waals surface area contributed by atoms with Crippen LogP contribution in [0.4, 0.5) is 17.6 Å². The Labute approximate surface area is 190 Å². The lowest BCUT2D eigenvalue weighted by molar-refractivity contribution is -0.141. The number of amides is 1. The third-order valence-corrected chi connectivity index (χ3v) is 5.43. The molecule has 0 aliphatic rings. The molecule has 1 aromatic heterocycles. The van der Waals surface area contributed by atoms with Crippen molar-refractivity contribution in [3.05, 3.63) is 101 Å². The van der Waals surface area contributed by atoms with E-state index in [-0.39, 0.29) is 17.8 Å². The molecule has 0 aliphatic heterocycles. The largest absolute Gasteiger partial charge is 0.433 e. The molecule has 0 aliphatic carbocycles. The van der Waals surface area contributed by atoms with Crippen molar-refractivity contribution in [1.82, 2.24) is 15.6 Å². The number of halogens is 4. The lowest BCUT2D eigenvalue weighted by Crippen LogP contribution is -2.38. The molecular weight excluding hydrogens is 434 g/mol. The van der Waals surface area contributed by atoms with E-state index in [1.54, 1.807) is 26.1 Å². The molecule has 0 radical (unpaired) electrons. The molecule has 1 heterocycles. The van der Waals surface area contributed by atoms with E-state index < -0.39 is 17.9 Å². The number of likely N-dealkylation sites (N-methyl/N-ethyl adjacent to an activating group) is 1. The molecule has 0 saturated heterocycles. The molecular formula is C25H25F4N3O. The van der Waals surface area contributed by atoms with Gasteiger partial charge in [-0.25, -0.2) is 4.39 Å². The summed E-state index contributed by atoms with van der Waals surface area (Å²) in [7, 11) is 1.55. The van der Waals surface area contributed by atoms with Crippen LogP contribution in [0.25, 0.3) is 0 Å². The summed E-state index contributed by atoms with van der Waals surface area (Å²) in [5, 5.41) is 6.01. The molecule has 2 atom stereocenters. The number of hydrogen-bond donors (Lipinski definition) is 2. The Morgan fingerprint density at radius 3 is 2.33 bits per heavy atom. The third kappa shape index (κ3) is 6.38. The van der Waals surface area contributed by atoms with E-state index in [0.717, 1.165) is 17.2 Å². The predicted octanol–water partition coefficient (Wildman–Crippen LogP) is 5.30. The summed E-state index contributed by atoms with van der Waals surface area (Å²) in [5.41, 5.74) is 1.69. The number of alkyl halides is 3. The molecule has 0 bridgehead atoms. The number of carbonyl (C=O) groups is 1. The van der Waals surface area contributed by atoms with E-state index in [9.17, 15) is 22.4 Å². The van der Waals surface area contributed by atoms with Crippen molar-refractivity contribution in [1.29, 1.82) is 0 Å². The quantitative estimate of drug-likeness (QED) is 0.450. The average molecular weight is 459 g/mol. The highest BCUT2D eigenvalue weighted by molar-refractivity contribution is 5.83. The van der Waals surface area contributed by atoms with E-state index in [2.05, 4.69) is 15.6 Å². The molecule has 2 aromatic carbocycles. The van der Waals surface area contributed by atoms with Crippen LogP contribution in [0.2, 0.25) is 0 Å². The maximum absolute atomic E-state index is 13.9. The fourth-order valence-corrected chi connectivity index (χ4v) is 3.60. The first-order valence-electron chi connectivity index (χ1n) is 10.5. The fourth-order valence-electron chi connectivity index (χ4n) is 3.60. The molecule has 174 valence electrons. The second kappa shape index (κ2) is 10.6. The Balaban J connectivity index is 1.87. The van der Waals surface area contributed by atoms with Gasteiger partial charge in [-0.15, -0.1) is 0 Å². The van der Waals surface area contributed by atoms with Crippen molar-refractivity contribution < 1.29 is 22.4 Å². The molecule has 0 fully saturated rings. The second-order valence-corrected chi connectivity index (χ2v) is 7.77. The first-order chi connectivity index (χ1) is 15.7. The molecule has 8 heteroatoms. The van der Waals surface area contributed by atoms with E-state index in [0.29, 0.717) is 24.0 Å². The highest BCUT2D eigenvalue weighted by Crippen LogP contribution is 2.29. The van der Waals surface area contributed by atoms with Crippen LogP contribution in [0, 0.1) is 12.7 Å². The van der Waals surface area contributed by atoms with Crippen LogP contribution in [0.15, 0.2) is 66.9 Å². The molecule has 1 unspecified atom stereocenters. The number of nitrogens with one attached hydrogen (secondary N) is 2. The minimum absolute atomic E-state index is 0.235. The highest BCUT2D eigenvalue weighted by Gasteiger charge is 2.32. The van der Waals surface area contributed by atoms with E-state index >= 15 is 0 Å². The highest BCUT2D eigenvalue weighted by atomic mass is 19.4. The smallest absolute Gasteiger partial charge is 0.358 e. The zero-order valence-corrected chi connectivity index (χ0v) is 18.3. The van der Waals surface area contributed by atoms with E-state index in [1.165, 1.54) is 18.3 Å². The zero-order valence-electron chi connectivity index (χ0n) is 18.3. The van der Waals surface area contributed by atoms with Gasteiger partial charge in [-0.1, -0.05) is 48.5 Å². The lowest BCUT2D eigenvalue weighted by Gasteiger charge is -2.26. The van der Waals surface area contributed by atoms with Crippen molar-refractivity contribution in [3.63, 3.8) is 0 Å². The fraction of sp³-hybridized carbons (Fsp3) is 0.280. The minimum Gasteiger partial charge on any atom is -0.358 e. The van der Waals surface area contributed by atoms with Crippen LogP contribution >= 0.6 is 0 Å². The Bertz CT molecular complexity index is 1070. The molecule has 0 saturated carbocycles. The summed E-state index contributed by atoms with van der Waals surface area (Å²) in [6.45, 7) is 1.66. The van der Waals surface area contributed by atoms with Crippen molar-refractivity contribution in [2.75, 3.05) is 7.05 Å². The number of rotatable bonds is 8. The normalized spacial score (nSPS) is 13.4. The third-order valence-electron chi connectivity index (χ3n) is 5.43. The summed E-state index contributed by atoms with van der Waals surface area (Å²) in [6, 6.07) is 15.2. The van der Waals surface area contributed by atoms with E-state index in [4.69, 9.17) is 0 Å². The summed E-state index contributed by atoms with van der Waals surface area (Å²) < 4.78 is 52.3. The summed E-state index contributed by atoms with van der Waals surface area (Å²) >= 11 is 0. The van der Waals surface area contributed by atoms with Gasteiger partial charge in [0.2, 0.25) is 5.91 Å². The van der Waals surface area contributed by atoms with Gasteiger partial charge >= 0.3 is 6.18 Å². The maximum atomic E-state index is 13.9. The van der Waals surface area contributed by atoms with Crippen LogP contribution in [-0.4, -0.2) is 17.9 Å². The maximum Gasteiger partial charge on any atom is 0.433 e. The molecule has 3 rings (SSSR count). The van der Waals surface area contributed by atoms with Gasteiger partial charge in [0.1, 0.15) is 17.6 Å². The zero-order chi connectivity index (χ0) is 24.0. The van der Waals surface area contributed by atoms with Gasteiger partial charge in [-0.05, 0) is 54.2 Å². The molecule has 0 spiro atoms. The number of nitrogens with zero attached hydrogens (tertiary/aromatic N) is 1. The summed E-state index contributed by atoms with van der Waals surface area (Å²) in [6.07, 6.45) is -2.42. The average Bonchev–Trinajstić information content (AvgIpc) is 2.81. The summed E-state index contributed by atoms with van der Waals surface area (Å²) in [4.78, 5) is 16.2. The number of carbonyl (C=O) groups excluding carboxylic acids is 1. The number of hydrogen-bond acceptors (Lipinski definition) is 3. The monoisotopic (exact) mass is 459 g/mol. The Kier molecular flexibility index (Phi) is 7.81. The standard InChI is InChI=1S/C25H25F4N3O/c1-16-14-19(10-11-20(16)26)21(12-8-17-9-13-22(31-15-17)25(27,28)29)32-23(24(33)30-2)18-6-4-3-5-7-18/h3-7,9-11,13-15,21,23,32H,8,12H2,1-2H3,(H,30,33)/t21-,23?/m0/s1. The van der Waals surface area contributed by atoms with Crippen LogP contribution in [-0.2, 0) is 17.4 Å². The molecule has 1 amide bonds. The lowest BCUT2D eigenvalue weighted by atomic mass is 9.95. The molecule has 2 N–H and O–H groups in total. The van der Waals surface area contributed by atoms with Crippen molar-refractivity contribution in [2.45, 2.75) is 38.0 Å². The predicted molar refractivity (Wildman–Crippen MR) is 118 cm³/mol. The van der Waals surface area contributed by atoms with Crippen molar-refractivity contribution >= 4 is 5.91 Å².